The average Bonchev–Trinajstić information content (AvgIpc) is 2.37. The molecule has 0 bridgehead atoms. The molecule has 2 aromatic rings. The van der Waals surface area contributed by atoms with Gasteiger partial charge in [-0.3, -0.25) is 9.59 Å². The highest BCUT2D eigenvalue weighted by Gasteiger charge is 2.22. The molecular formula is C17H15ClO3. The lowest BCUT2D eigenvalue weighted by Crippen LogP contribution is -2.07. The van der Waals surface area contributed by atoms with Crippen molar-refractivity contribution >= 4 is 23.2 Å². The van der Waals surface area contributed by atoms with Crippen LogP contribution < -0.4 is 0 Å². The minimum Gasteiger partial charge on any atom is -0.507 e. The summed E-state index contributed by atoms with van der Waals surface area (Å²) in [5, 5.41) is 10.7. The first-order valence-electron chi connectivity index (χ1n) is 6.47. The SMILES string of the molecule is CC(=O)c1c(C)cc(O)c(C(C)=O)c1-c1ccc(Cl)cc1. The summed E-state index contributed by atoms with van der Waals surface area (Å²) in [6.07, 6.45) is 0. The van der Waals surface area contributed by atoms with E-state index in [2.05, 4.69) is 0 Å². The quantitative estimate of drug-likeness (QED) is 0.854. The Morgan fingerprint density at radius 3 is 2.00 bits per heavy atom. The summed E-state index contributed by atoms with van der Waals surface area (Å²) >= 11 is 5.88. The Morgan fingerprint density at radius 2 is 1.52 bits per heavy atom. The molecule has 0 saturated heterocycles. The third-order valence-electron chi connectivity index (χ3n) is 3.34. The van der Waals surface area contributed by atoms with E-state index in [1.165, 1.54) is 19.9 Å². The van der Waals surface area contributed by atoms with Crippen LogP contribution in [-0.2, 0) is 0 Å². The molecule has 0 aromatic heterocycles. The number of rotatable bonds is 3. The molecular weight excluding hydrogens is 288 g/mol. The van der Waals surface area contributed by atoms with Crippen LogP contribution in [-0.4, -0.2) is 16.7 Å². The van der Waals surface area contributed by atoms with Crippen molar-refractivity contribution in [3.63, 3.8) is 0 Å². The van der Waals surface area contributed by atoms with E-state index in [0.29, 0.717) is 27.3 Å². The zero-order chi connectivity index (χ0) is 15.7. The Labute approximate surface area is 128 Å². The maximum atomic E-state index is 12.0. The Kier molecular flexibility index (Phi) is 4.14. The molecule has 0 unspecified atom stereocenters. The smallest absolute Gasteiger partial charge is 0.164 e. The molecule has 2 aromatic carbocycles. The molecule has 1 N–H and O–H groups in total. The van der Waals surface area contributed by atoms with Gasteiger partial charge in [-0.1, -0.05) is 23.7 Å². The summed E-state index contributed by atoms with van der Waals surface area (Å²) in [7, 11) is 0. The zero-order valence-corrected chi connectivity index (χ0v) is 12.8. The van der Waals surface area contributed by atoms with Crippen LogP contribution in [0.25, 0.3) is 11.1 Å². The van der Waals surface area contributed by atoms with E-state index in [1.54, 1.807) is 31.2 Å². The van der Waals surface area contributed by atoms with Crippen molar-refractivity contribution in [3.8, 4) is 16.9 Å². The van der Waals surface area contributed by atoms with Crippen molar-refractivity contribution in [3.05, 3.63) is 52.0 Å². The highest BCUT2D eigenvalue weighted by Crippen LogP contribution is 2.37. The number of ketones is 2. The summed E-state index contributed by atoms with van der Waals surface area (Å²) < 4.78 is 0. The lowest BCUT2D eigenvalue weighted by Gasteiger charge is -2.16. The van der Waals surface area contributed by atoms with Gasteiger partial charge in [0.05, 0.1) is 5.56 Å². The molecule has 0 fully saturated rings. The fraction of sp³-hybridized carbons (Fsp3) is 0.176. The van der Waals surface area contributed by atoms with Crippen LogP contribution in [0.3, 0.4) is 0 Å². The summed E-state index contributed by atoms with van der Waals surface area (Å²) in [6, 6.07) is 8.28. The van der Waals surface area contributed by atoms with E-state index in [0.717, 1.165) is 0 Å². The van der Waals surface area contributed by atoms with Gasteiger partial charge in [0.2, 0.25) is 0 Å². The van der Waals surface area contributed by atoms with Crippen LogP contribution in [0.5, 0.6) is 5.75 Å². The molecule has 0 aliphatic heterocycles. The summed E-state index contributed by atoms with van der Waals surface area (Å²) in [5.74, 6) is -0.560. The Hall–Kier alpha value is -2.13. The molecule has 4 heteroatoms. The van der Waals surface area contributed by atoms with Gasteiger partial charge in [-0.15, -0.1) is 0 Å². The molecule has 0 aliphatic rings. The Balaban J connectivity index is 2.91. The van der Waals surface area contributed by atoms with E-state index in [4.69, 9.17) is 11.6 Å². The Morgan fingerprint density at radius 1 is 1.00 bits per heavy atom. The molecule has 21 heavy (non-hydrogen) atoms. The number of Topliss-reactive ketones (excluding diaryl/α,β-unsaturated/α-hetero) is 2. The van der Waals surface area contributed by atoms with Crippen molar-refractivity contribution in [2.24, 2.45) is 0 Å². The fourth-order valence-electron chi connectivity index (χ4n) is 2.51. The number of benzene rings is 2. The van der Waals surface area contributed by atoms with Crippen molar-refractivity contribution < 1.29 is 14.7 Å². The van der Waals surface area contributed by atoms with Gasteiger partial charge in [0.15, 0.2) is 11.6 Å². The highest BCUT2D eigenvalue weighted by atomic mass is 35.5. The summed E-state index contributed by atoms with van der Waals surface area (Å²) in [4.78, 5) is 23.9. The van der Waals surface area contributed by atoms with Crippen LogP contribution in [0.1, 0.15) is 40.1 Å². The normalized spacial score (nSPS) is 10.5. The zero-order valence-electron chi connectivity index (χ0n) is 12.0. The maximum absolute atomic E-state index is 12.0. The number of phenols is 1. The Bertz CT molecular complexity index is 692. The lowest BCUT2D eigenvalue weighted by atomic mass is 9.87. The van der Waals surface area contributed by atoms with Gasteiger partial charge in [-0.25, -0.2) is 0 Å². The fourth-order valence-corrected chi connectivity index (χ4v) is 2.64. The van der Waals surface area contributed by atoms with Crippen LogP contribution in [0.2, 0.25) is 5.02 Å². The largest absolute Gasteiger partial charge is 0.507 e. The standard InChI is InChI=1S/C17H15ClO3/c1-9-8-14(21)16(11(3)20)17(15(9)10(2)19)12-4-6-13(18)7-5-12/h4-8,21H,1-3H3. The topological polar surface area (TPSA) is 54.4 Å². The number of hydrogen-bond acceptors (Lipinski definition) is 3. The van der Waals surface area contributed by atoms with Crippen LogP contribution in [0, 0.1) is 6.92 Å². The highest BCUT2D eigenvalue weighted by molar-refractivity contribution is 6.30. The molecule has 3 nitrogen and oxygen atoms in total. The first kappa shape index (κ1) is 15.3. The number of carbonyl (C=O) groups is 2. The number of halogens is 1. The predicted octanol–water partition coefficient (Wildman–Crippen LogP) is 4.43. The van der Waals surface area contributed by atoms with Crippen molar-refractivity contribution in [2.75, 3.05) is 0 Å². The average molecular weight is 303 g/mol. The van der Waals surface area contributed by atoms with Crippen LogP contribution >= 0.6 is 11.6 Å². The minimum absolute atomic E-state index is 0.116. The van der Waals surface area contributed by atoms with Gasteiger partial charge in [-0.2, -0.15) is 0 Å². The summed E-state index contributed by atoms with van der Waals surface area (Å²) in [5.41, 5.74) is 2.38. The van der Waals surface area contributed by atoms with E-state index < -0.39 is 0 Å². The molecule has 0 amide bonds. The molecule has 0 radical (unpaired) electrons. The van der Waals surface area contributed by atoms with Crippen molar-refractivity contribution in [1.82, 2.24) is 0 Å². The molecule has 0 heterocycles. The third kappa shape index (κ3) is 2.83. The van der Waals surface area contributed by atoms with Gasteiger partial charge in [-0.05, 0) is 50.1 Å². The molecule has 0 saturated carbocycles. The summed E-state index contributed by atoms with van der Waals surface area (Å²) in [6.45, 7) is 4.55. The number of hydrogen-bond donors (Lipinski definition) is 1. The number of aromatic hydroxyl groups is 1. The second kappa shape index (κ2) is 5.70. The van der Waals surface area contributed by atoms with Crippen LogP contribution in [0.15, 0.2) is 30.3 Å². The maximum Gasteiger partial charge on any atom is 0.164 e. The second-order valence-corrected chi connectivity index (χ2v) is 5.39. The van der Waals surface area contributed by atoms with Gasteiger partial charge < -0.3 is 5.11 Å². The second-order valence-electron chi connectivity index (χ2n) is 4.96. The first-order valence-corrected chi connectivity index (χ1v) is 6.85. The van der Waals surface area contributed by atoms with Gasteiger partial charge in [0.25, 0.3) is 0 Å². The van der Waals surface area contributed by atoms with Gasteiger partial charge in [0.1, 0.15) is 5.75 Å². The molecule has 0 spiro atoms. The monoisotopic (exact) mass is 302 g/mol. The van der Waals surface area contributed by atoms with E-state index in [9.17, 15) is 14.7 Å². The van der Waals surface area contributed by atoms with E-state index in [-0.39, 0.29) is 22.9 Å². The molecule has 2 rings (SSSR count). The molecule has 0 atom stereocenters. The molecule has 108 valence electrons. The van der Waals surface area contributed by atoms with Crippen molar-refractivity contribution in [1.29, 1.82) is 0 Å². The van der Waals surface area contributed by atoms with Crippen molar-refractivity contribution in [2.45, 2.75) is 20.8 Å². The number of carbonyl (C=O) groups excluding carboxylic acids is 2. The van der Waals surface area contributed by atoms with Gasteiger partial charge in [0, 0.05) is 16.1 Å². The lowest BCUT2D eigenvalue weighted by molar-refractivity contribution is 0.101. The van der Waals surface area contributed by atoms with E-state index in [1.807, 2.05) is 0 Å². The predicted molar refractivity (Wildman–Crippen MR) is 83.3 cm³/mol. The first-order chi connectivity index (χ1) is 9.82. The number of aryl methyl sites for hydroxylation is 1. The van der Waals surface area contributed by atoms with E-state index >= 15 is 0 Å². The molecule has 0 aliphatic carbocycles. The minimum atomic E-state index is -0.292. The third-order valence-corrected chi connectivity index (χ3v) is 3.59. The van der Waals surface area contributed by atoms with Gasteiger partial charge >= 0.3 is 0 Å². The number of phenolic OH excluding ortho intramolecular Hbond substituents is 1. The van der Waals surface area contributed by atoms with Crippen LogP contribution in [0.4, 0.5) is 0 Å².